The normalized spacial score (nSPS) is 13.9. The molecule has 1 rings (SSSR count). The van der Waals surface area contributed by atoms with E-state index in [9.17, 15) is 9.70 Å². The fraction of sp³-hybridized carbons (Fsp3) is 0.417. The number of rotatable bonds is 6. The number of nitrogens with zero attached hydrogens (tertiary/aromatic N) is 1. The maximum absolute atomic E-state index is 10.7. The lowest BCUT2D eigenvalue weighted by Crippen LogP contribution is -2.14. The summed E-state index contributed by atoms with van der Waals surface area (Å²) in [6.45, 7) is 1.90. The molecule has 0 aliphatic carbocycles. The Bertz CT molecular complexity index is 348. The minimum Gasteiger partial charge on any atom is -0.497 e. The van der Waals surface area contributed by atoms with Gasteiger partial charge < -0.3 is 9.53 Å². The third-order valence-electron chi connectivity index (χ3n) is 2.66. The zero-order valence-electron chi connectivity index (χ0n) is 9.42. The molecule has 0 bridgehead atoms. The molecule has 0 saturated carbocycles. The standard InChI is InChI=1S/C12H15NO3/c1-9(8-14)12(7-13-15)10-3-5-11(16-2)6-4-10/h3-6,8-9,12H,7H2,1-2H3/t9-,12-/m1/s1. The molecule has 2 atom stereocenters. The molecule has 0 aliphatic rings. The first-order valence-corrected chi connectivity index (χ1v) is 5.11. The molecule has 0 fully saturated rings. The molecule has 86 valence electrons. The Morgan fingerprint density at radius 1 is 1.38 bits per heavy atom. The van der Waals surface area contributed by atoms with E-state index in [1.54, 1.807) is 14.0 Å². The molecular formula is C12H15NO3. The summed E-state index contributed by atoms with van der Waals surface area (Å²) >= 11 is 0. The molecule has 0 spiro atoms. The van der Waals surface area contributed by atoms with Gasteiger partial charge in [0.25, 0.3) is 0 Å². The van der Waals surface area contributed by atoms with Gasteiger partial charge in [-0.15, -0.1) is 0 Å². The van der Waals surface area contributed by atoms with Crippen LogP contribution in [-0.4, -0.2) is 19.9 Å². The monoisotopic (exact) mass is 221 g/mol. The van der Waals surface area contributed by atoms with Crippen LogP contribution >= 0.6 is 0 Å². The summed E-state index contributed by atoms with van der Waals surface area (Å²) in [6.07, 6.45) is 0.847. The number of methoxy groups -OCH3 is 1. The van der Waals surface area contributed by atoms with Crippen LogP contribution in [0.1, 0.15) is 18.4 Å². The highest BCUT2D eigenvalue weighted by atomic mass is 16.5. The molecule has 4 heteroatoms. The van der Waals surface area contributed by atoms with Crippen molar-refractivity contribution >= 4 is 6.29 Å². The largest absolute Gasteiger partial charge is 0.497 e. The van der Waals surface area contributed by atoms with Gasteiger partial charge in [-0.1, -0.05) is 24.2 Å². The summed E-state index contributed by atoms with van der Waals surface area (Å²) < 4.78 is 5.04. The minimum absolute atomic E-state index is 0.117. The summed E-state index contributed by atoms with van der Waals surface area (Å²) in [7, 11) is 1.59. The Balaban J connectivity index is 2.91. The lowest BCUT2D eigenvalue weighted by Gasteiger charge is -2.17. The maximum Gasteiger partial charge on any atom is 0.123 e. The van der Waals surface area contributed by atoms with Gasteiger partial charge in [0.05, 0.1) is 13.7 Å². The van der Waals surface area contributed by atoms with Crippen LogP contribution in [0.3, 0.4) is 0 Å². The Morgan fingerprint density at radius 3 is 2.44 bits per heavy atom. The smallest absolute Gasteiger partial charge is 0.123 e. The van der Waals surface area contributed by atoms with E-state index in [1.807, 2.05) is 24.3 Å². The van der Waals surface area contributed by atoms with Crippen molar-refractivity contribution in [1.82, 2.24) is 0 Å². The molecule has 0 saturated heterocycles. The van der Waals surface area contributed by atoms with Crippen molar-refractivity contribution in [3.8, 4) is 5.75 Å². The van der Waals surface area contributed by atoms with Gasteiger partial charge in [0.15, 0.2) is 0 Å². The molecule has 1 aromatic rings. The Hall–Kier alpha value is -1.71. The van der Waals surface area contributed by atoms with Gasteiger partial charge in [-0.05, 0) is 17.7 Å². The molecule has 16 heavy (non-hydrogen) atoms. The van der Waals surface area contributed by atoms with Gasteiger partial charge in [-0.25, -0.2) is 0 Å². The van der Waals surface area contributed by atoms with Crippen LogP contribution in [0.2, 0.25) is 0 Å². The number of hydrogen-bond donors (Lipinski definition) is 0. The number of ether oxygens (including phenoxy) is 1. The Morgan fingerprint density at radius 2 is 2.00 bits per heavy atom. The van der Waals surface area contributed by atoms with Crippen molar-refractivity contribution in [2.45, 2.75) is 12.8 Å². The molecule has 4 nitrogen and oxygen atoms in total. The first-order chi connectivity index (χ1) is 7.72. The SMILES string of the molecule is COc1ccc([C@H](CN=O)[C@H](C)C=O)cc1. The average Bonchev–Trinajstić information content (AvgIpc) is 2.35. The van der Waals surface area contributed by atoms with E-state index in [-0.39, 0.29) is 18.4 Å². The van der Waals surface area contributed by atoms with E-state index >= 15 is 0 Å². The van der Waals surface area contributed by atoms with Crippen LogP contribution in [0.25, 0.3) is 0 Å². The van der Waals surface area contributed by atoms with Gasteiger partial charge in [0.2, 0.25) is 0 Å². The van der Waals surface area contributed by atoms with Crippen LogP contribution in [0.15, 0.2) is 29.4 Å². The fourth-order valence-corrected chi connectivity index (χ4v) is 1.60. The summed E-state index contributed by atoms with van der Waals surface area (Å²) in [5.41, 5.74) is 0.931. The van der Waals surface area contributed by atoms with Gasteiger partial charge in [0.1, 0.15) is 12.0 Å². The van der Waals surface area contributed by atoms with Crippen molar-refractivity contribution < 1.29 is 9.53 Å². The van der Waals surface area contributed by atoms with Crippen LogP contribution < -0.4 is 4.74 Å². The highest BCUT2D eigenvalue weighted by Crippen LogP contribution is 2.25. The molecule has 0 unspecified atom stereocenters. The van der Waals surface area contributed by atoms with Gasteiger partial charge >= 0.3 is 0 Å². The van der Waals surface area contributed by atoms with Crippen molar-refractivity contribution in [3.05, 3.63) is 34.7 Å². The van der Waals surface area contributed by atoms with Crippen molar-refractivity contribution in [2.24, 2.45) is 11.1 Å². The number of carbonyl (C=O) groups is 1. The molecule has 0 aliphatic heterocycles. The summed E-state index contributed by atoms with van der Waals surface area (Å²) in [5, 5.41) is 2.88. The predicted molar refractivity (Wildman–Crippen MR) is 61.6 cm³/mol. The Labute approximate surface area is 94.6 Å². The zero-order chi connectivity index (χ0) is 12.0. The summed E-state index contributed by atoms with van der Waals surface area (Å²) in [4.78, 5) is 21.1. The fourth-order valence-electron chi connectivity index (χ4n) is 1.60. The van der Waals surface area contributed by atoms with E-state index < -0.39 is 0 Å². The van der Waals surface area contributed by atoms with Crippen LogP contribution in [0, 0.1) is 10.8 Å². The van der Waals surface area contributed by atoms with Crippen LogP contribution in [0.4, 0.5) is 0 Å². The number of carbonyl (C=O) groups excluding carboxylic acids is 1. The second kappa shape index (κ2) is 6.00. The van der Waals surface area contributed by atoms with Gasteiger partial charge in [-0.3, -0.25) is 0 Å². The quantitative estimate of drug-likeness (QED) is 0.547. The van der Waals surface area contributed by atoms with E-state index in [1.165, 1.54) is 0 Å². The molecule has 0 amide bonds. The first kappa shape index (κ1) is 12.4. The molecule has 0 aromatic heterocycles. The first-order valence-electron chi connectivity index (χ1n) is 5.11. The second-order valence-electron chi connectivity index (χ2n) is 3.69. The van der Waals surface area contributed by atoms with Crippen LogP contribution in [-0.2, 0) is 4.79 Å². The van der Waals surface area contributed by atoms with Crippen LogP contribution in [0.5, 0.6) is 5.75 Å². The summed E-state index contributed by atoms with van der Waals surface area (Å²) in [6, 6.07) is 7.33. The third-order valence-corrected chi connectivity index (χ3v) is 2.66. The van der Waals surface area contributed by atoms with Crippen molar-refractivity contribution in [1.29, 1.82) is 0 Å². The van der Waals surface area contributed by atoms with E-state index in [4.69, 9.17) is 4.74 Å². The zero-order valence-corrected chi connectivity index (χ0v) is 9.42. The molecule has 1 aromatic carbocycles. The topological polar surface area (TPSA) is 55.7 Å². The highest BCUT2D eigenvalue weighted by molar-refractivity contribution is 5.55. The lowest BCUT2D eigenvalue weighted by atomic mass is 9.88. The maximum atomic E-state index is 10.7. The Kier molecular flexibility index (Phi) is 4.64. The van der Waals surface area contributed by atoms with E-state index in [0.717, 1.165) is 17.6 Å². The number of hydrogen-bond acceptors (Lipinski definition) is 4. The second-order valence-corrected chi connectivity index (χ2v) is 3.69. The minimum atomic E-state index is -0.217. The predicted octanol–water partition coefficient (Wildman–Crippen LogP) is 2.38. The molecule has 0 radical (unpaired) electrons. The van der Waals surface area contributed by atoms with Crippen molar-refractivity contribution in [3.63, 3.8) is 0 Å². The molecular weight excluding hydrogens is 206 g/mol. The van der Waals surface area contributed by atoms with Gasteiger partial charge in [0, 0.05) is 11.8 Å². The number of aldehydes is 1. The van der Waals surface area contributed by atoms with E-state index in [0.29, 0.717) is 0 Å². The lowest BCUT2D eigenvalue weighted by molar-refractivity contribution is -0.111. The molecule has 0 heterocycles. The number of benzene rings is 1. The number of nitroso groups, excluding NO2 is 1. The van der Waals surface area contributed by atoms with Gasteiger partial charge in [-0.2, -0.15) is 4.91 Å². The molecule has 0 N–H and O–H groups in total. The highest BCUT2D eigenvalue weighted by Gasteiger charge is 2.19. The van der Waals surface area contributed by atoms with Crippen molar-refractivity contribution in [2.75, 3.05) is 13.7 Å². The van der Waals surface area contributed by atoms with E-state index in [2.05, 4.69) is 5.18 Å². The summed E-state index contributed by atoms with van der Waals surface area (Å²) in [5.74, 6) is 0.382. The third kappa shape index (κ3) is 2.89. The average molecular weight is 221 g/mol.